The molecular weight excluding hydrogens is 172 g/mol. The van der Waals surface area contributed by atoms with Gasteiger partial charge in [0.05, 0.1) is 0 Å². The smallest absolute Gasteiger partial charge is 0.0340 e. The van der Waals surface area contributed by atoms with Crippen LogP contribution in [-0.4, -0.2) is 22.5 Å². The lowest BCUT2D eigenvalue weighted by Crippen LogP contribution is -2.42. The fourth-order valence-electron chi connectivity index (χ4n) is 2.74. The summed E-state index contributed by atoms with van der Waals surface area (Å²) in [5.74, 6) is 0. The van der Waals surface area contributed by atoms with Gasteiger partial charge in [0, 0.05) is 30.4 Å². The molecule has 2 nitrogen and oxygen atoms in total. The van der Waals surface area contributed by atoms with Crippen molar-refractivity contribution in [3.05, 3.63) is 23.5 Å². The molecule has 0 fully saturated rings. The van der Waals surface area contributed by atoms with Crippen molar-refractivity contribution in [1.82, 2.24) is 9.88 Å². The molecule has 78 valence electrons. The zero-order chi connectivity index (χ0) is 10.1. The molecule has 2 unspecified atom stereocenters. The van der Waals surface area contributed by atoms with E-state index in [-0.39, 0.29) is 0 Å². The largest absolute Gasteiger partial charge is 0.365 e. The van der Waals surface area contributed by atoms with Crippen molar-refractivity contribution in [2.24, 2.45) is 0 Å². The quantitative estimate of drug-likeness (QED) is 0.763. The molecule has 1 N–H and O–H groups in total. The Morgan fingerprint density at radius 1 is 1.50 bits per heavy atom. The number of H-pyrrole nitrogens is 1. The first-order valence-corrected chi connectivity index (χ1v) is 5.69. The number of nitrogens with zero attached hydrogens (tertiary/aromatic N) is 1. The second-order valence-electron chi connectivity index (χ2n) is 4.18. The van der Waals surface area contributed by atoms with E-state index in [0.29, 0.717) is 6.04 Å². The molecule has 0 aromatic carbocycles. The summed E-state index contributed by atoms with van der Waals surface area (Å²) in [6.45, 7) is 8.02. The summed E-state index contributed by atoms with van der Waals surface area (Å²) in [4.78, 5) is 5.98. The van der Waals surface area contributed by atoms with E-state index in [1.54, 1.807) is 0 Å². The van der Waals surface area contributed by atoms with Gasteiger partial charge in [0.2, 0.25) is 0 Å². The van der Waals surface area contributed by atoms with Crippen LogP contribution < -0.4 is 0 Å². The highest BCUT2D eigenvalue weighted by Crippen LogP contribution is 2.32. The van der Waals surface area contributed by atoms with Gasteiger partial charge in [0.1, 0.15) is 0 Å². The molecule has 1 aromatic heterocycles. The molecule has 0 saturated heterocycles. The minimum absolute atomic E-state index is 0.583. The molecule has 1 aromatic rings. The van der Waals surface area contributed by atoms with Crippen molar-refractivity contribution in [2.45, 2.75) is 45.7 Å². The first-order valence-electron chi connectivity index (χ1n) is 5.69. The first-order chi connectivity index (χ1) is 6.77. The highest BCUT2D eigenvalue weighted by atomic mass is 15.2. The Balaban J connectivity index is 2.31. The van der Waals surface area contributed by atoms with E-state index >= 15 is 0 Å². The van der Waals surface area contributed by atoms with Crippen molar-refractivity contribution in [3.63, 3.8) is 0 Å². The monoisotopic (exact) mass is 192 g/mol. The van der Waals surface area contributed by atoms with E-state index in [1.807, 2.05) is 0 Å². The highest BCUT2D eigenvalue weighted by Gasteiger charge is 2.29. The highest BCUT2D eigenvalue weighted by molar-refractivity contribution is 5.27. The maximum atomic E-state index is 3.37. The Bertz CT molecular complexity index is 303. The van der Waals surface area contributed by atoms with E-state index in [1.165, 1.54) is 24.1 Å². The van der Waals surface area contributed by atoms with Crippen LogP contribution in [0.15, 0.2) is 12.3 Å². The molecule has 2 heteroatoms. The maximum Gasteiger partial charge on any atom is 0.0340 e. The standard InChI is InChI=1S/C12H20N2/c1-4-10-8-12-11(6-7-13-12)9(3)14(10)5-2/h6-7,9-10,13H,4-5,8H2,1-3H3. The van der Waals surface area contributed by atoms with Crippen LogP contribution in [-0.2, 0) is 6.42 Å². The van der Waals surface area contributed by atoms with Gasteiger partial charge in [0.15, 0.2) is 0 Å². The Hall–Kier alpha value is -0.760. The summed E-state index contributed by atoms with van der Waals surface area (Å²) in [6, 6.07) is 3.54. The van der Waals surface area contributed by atoms with Crippen LogP contribution in [0.1, 0.15) is 44.5 Å². The van der Waals surface area contributed by atoms with Gasteiger partial charge in [-0.1, -0.05) is 13.8 Å². The Labute approximate surface area is 86.3 Å². The van der Waals surface area contributed by atoms with Crippen LogP contribution in [0.2, 0.25) is 0 Å². The zero-order valence-electron chi connectivity index (χ0n) is 9.38. The Morgan fingerprint density at radius 3 is 2.93 bits per heavy atom. The van der Waals surface area contributed by atoms with Gasteiger partial charge < -0.3 is 4.98 Å². The van der Waals surface area contributed by atoms with Crippen molar-refractivity contribution in [3.8, 4) is 0 Å². The Kier molecular flexibility index (Phi) is 2.64. The molecule has 1 aliphatic heterocycles. The third-order valence-corrected chi connectivity index (χ3v) is 3.56. The van der Waals surface area contributed by atoms with Crippen LogP contribution in [0.4, 0.5) is 0 Å². The second-order valence-corrected chi connectivity index (χ2v) is 4.18. The SMILES string of the molecule is CCC1Cc2[nH]ccc2C(C)N1CC. The minimum Gasteiger partial charge on any atom is -0.365 e. The van der Waals surface area contributed by atoms with Crippen molar-refractivity contribution >= 4 is 0 Å². The number of aromatic amines is 1. The number of hydrogen-bond acceptors (Lipinski definition) is 1. The molecule has 2 rings (SSSR count). The van der Waals surface area contributed by atoms with Crippen LogP contribution in [0.25, 0.3) is 0 Å². The third-order valence-electron chi connectivity index (χ3n) is 3.56. The third kappa shape index (κ3) is 1.38. The average molecular weight is 192 g/mol. The predicted molar refractivity (Wildman–Crippen MR) is 59.4 cm³/mol. The van der Waals surface area contributed by atoms with Crippen LogP contribution in [0, 0.1) is 0 Å². The second kappa shape index (κ2) is 3.77. The van der Waals surface area contributed by atoms with Gasteiger partial charge in [-0.05, 0) is 31.5 Å². The summed E-state index contributed by atoms with van der Waals surface area (Å²) in [5.41, 5.74) is 2.95. The normalized spacial score (nSPS) is 27.6. The van der Waals surface area contributed by atoms with Crippen LogP contribution in [0.3, 0.4) is 0 Å². The van der Waals surface area contributed by atoms with Gasteiger partial charge in [-0.25, -0.2) is 0 Å². The number of rotatable bonds is 2. The van der Waals surface area contributed by atoms with E-state index in [2.05, 4.69) is 42.9 Å². The van der Waals surface area contributed by atoms with Gasteiger partial charge in [-0.15, -0.1) is 0 Å². The molecule has 0 spiro atoms. The molecule has 2 atom stereocenters. The van der Waals surface area contributed by atoms with Gasteiger partial charge >= 0.3 is 0 Å². The summed E-state index contributed by atoms with van der Waals surface area (Å²) >= 11 is 0. The fourth-order valence-corrected chi connectivity index (χ4v) is 2.74. The van der Waals surface area contributed by atoms with Crippen LogP contribution >= 0.6 is 0 Å². The summed E-state index contributed by atoms with van der Waals surface area (Å²) in [6.07, 6.45) is 4.51. The number of likely N-dealkylation sites (N-methyl/N-ethyl adjacent to an activating group) is 1. The number of hydrogen-bond donors (Lipinski definition) is 1. The minimum atomic E-state index is 0.583. The summed E-state index contributed by atoms with van der Waals surface area (Å²) in [5, 5.41) is 0. The number of fused-ring (bicyclic) bond motifs is 1. The van der Waals surface area contributed by atoms with Crippen LogP contribution in [0.5, 0.6) is 0 Å². The topological polar surface area (TPSA) is 19.0 Å². The van der Waals surface area contributed by atoms with Crippen molar-refractivity contribution in [2.75, 3.05) is 6.54 Å². The molecule has 0 saturated carbocycles. The van der Waals surface area contributed by atoms with Gasteiger partial charge in [-0.2, -0.15) is 0 Å². The summed E-state index contributed by atoms with van der Waals surface area (Å²) < 4.78 is 0. The predicted octanol–water partition coefficient (Wildman–Crippen LogP) is 2.73. The lowest BCUT2D eigenvalue weighted by Gasteiger charge is -2.39. The fraction of sp³-hybridized carbons (Fsp3) is 0.667. The molecule has 0 radical (unpaired) electrons. The van der Waals surface area contributed by atoms with E-state index in [4.69, 9.17) is 0 Å². The molecule has 0 aliphatic carbocycles. The van der Waals surface area contributed by atoms with Gasteiger partial charge in [0.25, 0.3) is 0 Å². The molecular formula is C12H20N2. The first kappa shape index (κ1) is 9.78. The van der Waals surface area contributed by atoms with Crippen molar-refractivity contribution in [1.29, 1.82) is 0 Å². The molecule has 14 heavy (non-hydrogen) atoms. The van der Waals surface area contributed by atoms with Gasteiger partial charge in [-0.3, -0.25) is 4.90 Å². The van der Waals surface area contributed by atoms with E-state index in [9.17, 15) is 0 Å². The van der Waals surface area contributed by atoms with E-state index < -0.39 is 0 Å². The number of nitrogens with one attached hydrogen (secondary N) is 1. The Morgan fingerprint density at radius 2 is 2.29 bits per heavy atom. The molecule has 0 bridgehead atoms. The molecule has 0 amide bonds. The maximum absolute atomic E-state index is 3.37. The van der Waals surface area contributed by atoms with E-state index in [0.717, 1.165) is 12.6 Å². The molecule has 2 heterocycles. The number of aromatic nitrogens is 1. The molecule has 1 aliphatic rings. The lowest BCUT2D eigenvalue weighted by atomic mass is 9.93. The zero-order valence-corrected chi connectivity index (χ0v) is 9.38. The average Bonchev–Trinajstić information content (AvgIpc) is 2.65. The summed E-state index contributed by atoms with van der Waals surface area (Å²) in [7, 11) is 0. The van der Waals surface area contributed by atoms with Crippen molar-refractivity contribution < 1.29 is 0 Å². The lowest BCUT2D eigenvalue weighted by molar-refractivity contribution is 0.131.